The number of ether oxygens (including phenoxy) is 1. The first-order valence-electron chi connectivity index (χ1n) is 6.13. The van der Waals surface area contributed by atoms with Crippen molar-refractivity contribution in [1.29, 1.82) is 5.26 Å². The van der Waals surface area contributed by atoms with Gasteiger partial charge in [-0.05, 0) is 52.2 Å². The van der Waals surface area contributed by atoms with Gasteiger partial charge in [0.2, 0.25) is 11.2 Å². The van der Waals surface area contributed by atoms with Crippen LogP contribution in [0.2, 0.25) is 5.28 Å². The third kappa shape index (κ3) is 4.28. The van der Waals surface area contributed by atoms with Crippen molar-refractivity contribution in [3.05, 3.63) is 33.5 Å². The van der Waals surface area contributed by atoms with E-state index in [4.69, 9.17) is 21.6 Å². The van der Waals surface area contributed by atoms with E-state index in [2.05, 4.69) is 42.3 Å². The number of nitrogens with one attached hydrogen (secondary N) is 1. The van der Waals surface area contributed by atoms with Crippen molar-refractivity contribution < 1.29 is 4.74 Å². The van der Waals surface area contributed by atoms with Gasteiger partial charge in [-0.25, -0.2) is 0 Å². The van der Waals surface area contributed by atoms with Crippen molar-refractivity contribution in [2.45, 2.75) is 13.3 Å². The fourth-order valence-electron chi connectivity index (χ4n) is 1.45. The van der Waals surface area contributed by atoms with Gasteiger partial charge in [0.05, 0.1) is 23.9 Å². The largest absolute Gasteiger partial charge is 0.463 e. The summed E-state index contributed by atoms with van der Waals surface area (Å²) in [7, 11) is 0. The summed E-state index contributed by atoms with van der Waals surface area (Å²) in [6.07, 6.45) is 0.841. The van der Waals surface area contributed by atoms with Crippen LogP contribution < -0.4 is 10.1 Å². The number of nitrogens with zero attached hydrogens (tertiary/aromatic N) is 4. The smallest absolute Gasteiger partial charge is 0.322 e. The van der Waals surface area contributed by atoms with Crippen molar-refractivity contribution in [1.82, 2.24) is 15.0 Å². The molecule has 0 spiro atoms. The van der Waals surface area contributed by atoms with Gasteiger partial charge in [0, 0.05) is 4.47 Å². The first-order valence-corrected chi connectivity index (χ1v) is 7.30. The molecule has 1 N–H and O–H groups in total. The second-order valence-electron chi connectivity index (χ2n) is 3.99. The van der Waals surface area contributed by atoms with Crippen molar-refractivity contribution in [2.75, 3.05) is 11.9 Å². The average molecular weight is 369 g/mol. The monoisotopic (exact) mass is 367 g/mol. The van der Waals surface area contributed by atoms with Gasteiger partial charge in [-0.15, -0.1) is 0 Å². The Morgan fingerprint density at radius 1 is 1.38 bits per heavy atom. The zero-order valence-electron chi connectivity index (χ0n) is 11.1. The van der Waals surface area contributed by atoms with Crippen molar-refractivity contribution >= 4 is 39.2 Å². The number of nitriles is 1. The Labute approximate surface area is 135 Å². The van der Waals surface area contributed by atoms with E-state index in [1.165, 1.54) is 0 Å². The number of hydrogen-bond donors (Lipinski definition) is 1. The van der Waals surface area contributed by atoms with Gasteiger partial charge in [-0.2, -0.15) is 20.2 Å². The molecule has 0 aliphatic carbocycles. The number of benzene rings is 1. The Morgan fingerprint density at radius 2 is 2.19 bits per heavy atom. The second-order valence-corrected chi connectivity index (χ2v) is 5.18. The Balaban J connectivity index is 2.23. The minimum atomic E-state index is 0.0448. The van der Waals surface area contributed by atoms with E-state index in [-0.39, 0.29) is 17.2 Å². The molecule has 0 saturated heterocycles. The molecule has 0 fully saturated rings. The van der Waals surface area contributed by atoms with Gasteiger partial charge in [-0.3, -0.25) is 0 Å². The average Bonchev–Trinajstić information content (AvgIpc) is 2.46. The topological polar surface area (TPSA) is 83.7 Å². The molecule has 108 valence electrons. The number of hydrogen-bond acceptors (Lipinski definition) is 6. The summed E-state index contributed by atoms with van der Waals surface area (Å²) in [6, 6.07) is 7.35. The minimum absolute atomic E-state index is 0.0448. The Morgan fingerprint density at radius 3 is 2.86 bits per heavy atom. The molecule has 0 unspecified atom stereocenters. The predicted molar refractivity (Wildman–Crippen MR) is 82.8 cm³/mol. The normalized spacial score (nSPS) is 10.0. The summed E-state index contributed by atoms with van der Waals surface area (Å²) >= 11 is 9.22. The molecule has 0 aliphatic heterocycles. The molecule has 2 aromatic rings. The lowest BCUT2D eigenvalue weighted by Gasteiger charge is -2.09. The molecule has 2 rings (SSSR count). The van der Waals surface area contributed by atoms with Crippen LogP contribution >= 0.6 is 27.5 Å². The molecule has 0 atom stereocenters. The molecule has 1 aromatic carbocycles. The summed E-state index contributed by atoms with van der Waals surface area (Å²) < 4.78 is 6.06. The van der Waals surface area contributed by atoms with Crippen molar-refractivity contribution in [3.8, 4) is 12.1 Å². The third-order valence-electron chi connectivity index (χ3n) is 2.37. The molecule has 21 heavy (non-hydrogen) atoms. The molecule has 1 aromatic heterocycles. The second kappa shape index (κ2) is 7.20. The zero-order chi connectivity index (χ0) is 15.2. The SMILES string of the molecule is CCCOc1nc(Cl)nc(Nc2ccc(C#N)cc2Br)n1. The lowest BCUT2D eigenvalue weighted by molar-refractivity contribution is 0.292. The molecular formula is C13H11BrClN5O. The van der Waals surface area contributed by atoms with Gasteiger partial charge in [-0.1, -0.05) is 6.92 Å². The van der Waals surface area contributed by atoms with E-state index in [0.717, 1.165) is 6.42 Å². The highest BCUT2D eigenvalue weighted by molar-refractivity contribution is 9.10. The highest BCUT2D eigenvalue weighted by atomic mass is 79.9. The molecule has 0 bridgehead atoms. The van der Waals surface area contributed by atoms with Crippen LogP contribution in [0.4, 0.5) is 11.6 Å². The van der Waals surface area contributed by atoms with E-state index >= 15 is 0 Å². The van der Waals surface area contributed by atoms with E-state index in [1.807, 2.05) is 6.92 Å². The van der Waals surface area contributed by atoms with Crippen LogP contribution in [0.5, 0.6) is 6.01 Å². The third-order valence-corrected chi connectivity index (χ3v) is 3.19. The Bertz CT molecular complexity index is 689. The highest BCUT2D eigenvalue weighted by Crippen LogP contribution is 2.26. The fourth-order valence-corrected chi connectivity index (χ4v) is 2.08. The number of aromatic nitrogens is 3. The molecule has 0 aliphatic rings. The molecule has 1 heterocycles. The summed E-state index contributed by atoms with van der Waals surface area (Å²) in [5.74, 6) is 0.270. The van der Waals surface area contributed by atoms with Gasteiger partial charge in [0.15, 0.2) is 0 Å². The summed E-state index contributed by atoms with van der Waals surface area (Å²) in [5.41, 5.74) is 1.26. The van der Waals surface area contributed by atoms with E-state index in [9.17, 15) is 0 Å². The molecule has 8 heteroatoms. The van der Waals surface area contributed by atoms with E-state index in [0.29, 0.717) is 22.3 Å². The number of rotatable bonds is 5. The van der Waals surface area contributed by atoms with Crippen molar-refractivity contribution in [2.24, 2.45) is 0 Å². The van der Waals surface area contributed by atoms with Crippen LogP contribution in [0.25, 0.3) is 0 Å². The fraction of sp³-hybridized carbons (Fsp3) is 0.231. The summed E-state index contributed by atoms with van der Waals surface area (Å²) in [4.78, 5) is 12.0. The number of anilines is 2. The van der Waals surface area contributed by atoms with Crippen LogP contribution in [-0.4, -0.2) is 21.6 Å². The van der Waals surface area contributed by atoms with Crippen LogP contribution in [0.1, 0.15) is 18.9 Å². The van der Waals surface area contributed by atoms with Gasteiger partial charge in [0.25, 0.3) is 0 Å². The van der Waals surface area contributed by atoms with E-state index in [1.54, 1.807) is 18.2 Å². The Hall–Kier alpha value is -1.91. The van der Waals surface area contributed by atoms with Crippen LogP contribution in [-0.2, 0) is 0 Å². The first kappa shape index (κ1) is 15.5. The molecule has 0 amide bonds. The standard InChI is InChI=1S/C13H11BrClN5O/c1-2-5-21-13-19-11(15)18-12(20-13)17-10-4-3-8(7-16)6-9(10)14/h3-4,6H,2,5H2,1H3,(H,17,18,19,20). The van der Waals surface area contributed by atoms with Crippen LogP contribution in [0.3, 0.4) is 0 Å². The molecular weight excluding hydrogens is 358 g/mol. The maximum atomic E-state index is 8.84. The maximum absolute atomic E-state index is 8.84. The Kier molecular flexibility index (Phi) is 5.31. The van der Waals surface area contributed by atoms with E-state index < -0.39 is 0 Å². The van der Waals surface area contributed by atoms with Crippen molar-refractivity contribution in [3.63, 3.8) is 0 Å². The molecule has 0 radical (unpaired) electrons. The molecule has 0 saturated carbocycles. The zero-order valence-corrected chi connectivity index (χ0v) is 13.4. The predicted octanol–water partition coefficient (Wildman–Crippen LogP) is 3.69. The summed E-state index contributed by atoms with van der Waals surface area (Å²) in [5, 5.41) is 11.9. The lowest BCUT2D eigenvalue weighted by Crippen LogP contribution is -2.05. The maximum Gasteiger partial charge on any atom is 0.322 e. The number of halogens is 2. The van der Waals surface area contributed by atoms with Gasteiger partial charge < -0.3 is 10.1 Å². The molecule has 6 nitrogen and oxygen atoms in total. The highest BCUT2D eigenvalue weighted by Gasteiger charge is 2.08. The van der Waals surface area contributed by atoms with Gasteiger partial charge >= 0.3 is 6.01 Å². The van der Waals surface area contributed by atoms with Crippen LogP contribution in [0.15, 0.2) is 22.7 Å². The minimum Gasteiger partial charge on any atom is -0.463 e. The lowest BCUT2D eigenvalue weighted by atomic mass is 10.2. The quantitative estimate of drug-likeness (QED) is 0.866. The summed E-state index contributed by atoms with van der Waals surface area (Å²) in [6.45, 7) is 2.48. The van der Waals surface area contributed by atoms with Gasteiger partial charge in [0.1, 0.15) is 0 Å². The first-order chi connectivity index (χ1) is 10.1. The van der Waals surface area contributed by atoms with Crippen LogP contribution in [0, 0.1) is 11.3 Å².